The fourth-order valence-electron chi connectivity index (χ4n) is 1.07. The fourth-order valence-corrected chi connectivity index (χ4v) is 2.13. The third-order valence-corrected chi connectivity index (χ3v) is 3.02. The summed E-state index contributed by atoms with van der Waals surface area (Å²) in [5, 5.41) is 12.1. The van der Waals surface area contributed by atoms with E-state index >= 15 is 0 Å². The quantitative estimate of drug-likeness (QED) is 0.568. The van der Waals surface area contributed by atoms with Crippen LogP contribution in [0, 0.1) is 0 Å². The first-order chi connectivity index (χ1) is 5.68. The lowest BCUT2D eigenvalue weighted by atomic mass is 10.2. The van der Waals surface area contributed by atoms with Crippen LogP contribution in [0.4, 0.5) is 5.69 Å². The van der Waals surface area contributed by atoms with E-state index in [1.807, 2.05) is 5.38 Å². The first-order valence-electron chi connectivity index (χ1n) is 3.37. The summed E-state index contributed by atoms with van der Waals surface area (Å²) in [6.07, 6.45) is 0. The number of fused-ring (bicyclic) bond motifs is 1. The molecule has 1 heterocycles. The molecule has 1 aromatic carbocycles. The number of nitrogen functional groups attached to an aromatic ring is 1. The van der Waals surface area contributed by atoms with Crippen molar-refractivity contribution in [2.24, 2.45) is 0 Å². The molecule has 0 saturated carbocycles. The van der Waals surface area contributed by atoms with Gasteiger partial charge in [0.2, 0.25) is 0 Å². The maximum absolute atomic E-state index is 9.32. The van der Waals surface area contributed by atoms with E-state index in [9.17, 15) is 5.11 Å². The average molecular weight is 197 g/mol. The number of nitrogens with two attached hydrogens (primary N) is 1. The van der Waals surface area contributed by atoms with E-state index in [4.69, 9.17) is 5.73 Å². The minimum atomic E-state index is 0.202. The predicted octanol–water partition coefficient (Wildman–Crippen LogP) is 2.48. The maximum Gasteiger partial charge on any atom is 0.130 e. The van der Waals surface area contributed by atoms with Crippen LogP contribution in [0.15, 0.2) is 22.4 Å². The molecule has 0 saturated heterocycles. The molecule has 1 aromatic heterocycles. The van der Waals surface area contributed by atoms with Gasteiger partial charge in [-0.1, -0.05) is 0 Å². The summed E-state index contributed by atoms with van der Waals surface area (Å²) >= 11 is 5.61. The van der Waals surface area contributed by atoms with Crippen molar-refractivity contribution < 1.29 is 5.11 Å². The number of hydrogen-bond acceptors (Lipinski definition) is 4. The van der Waals surface area contributed by atoms with Gasteiger partial charge in [-0.2, -0.15) is 0 Å². The summed E-state index contributed by atoms with van der Waals surface area (Å²) in [5.41, 5.74) is 6.43. The predicted molar refractivity (Wildman–Crippen MR) is 55.2 cm³/mol. The molecule has 0 unspecified atom stereocenters. The Balaban J connectivity index is 2.87. The smallest absolute Gasteiger partial charge is 0.130 e. The van der Waals surface area contributed by atoms with Crippen molar-refractivity contribution in [3.8, 4) is 5.75 Å². The molecular weight excluding hydrogens is 190 g/mol. The Morgan fingerprint density at radius 2 is 2.17 bits per heavy atom. The zero-order valence-corrected chi connectivity index (χ0v) is 7.82. The third kappa shape index (κ3) is 1.04. The Bertz CT molecular complexity index is 436. The van der Waals surface area contributed by atoms with Crippen molar-refractivity contribution in [2.75, 3.05) is 5.73 Å². The lowest BCUT2D eigenvalue weighted by Crippen LogP contribution is -1.80. The number of thiol groups is 1. The van der Waals surface area contributed by atoms with E-state index in [0.29, 0.717) is 4.90 Å². The van der Waals surface area contributed by atoms with Gasteiger partial charge in [-0.25, -0.2) is 0 Å². The molecule has 3 N–H and O–H groups in total. The maximum atomic E-state index is 9.32. The number of rotatable bonds is 0. The highest BCUT2D eigenvalue weighted by atomic mass is 32.1. The number of aromatic hydroxyl groups is 1. The van der Waals surface area contributed by atoms with Crippen LogP contribution in [0.3, 0.4) is 0 Å². The molecule has 4 heteroatoms. The molecule has 0 aliphatic rings. The number of phenols is 1. The monoisotopic (exact) mass is 197 g/mol. The van der Waals surface area contributed by atoms with Crippen LogP contribution in [0.25, 0.3) is 10.1 Å². The standard InChI is InChI=1S/C8H7NOS2/c9-5-3-12-8-2-6(10)7(11)1-4(5)8/h1-3,10-11H,9H2. The third-order valence-electron chi connectivity index (χ3n) is 1.70. The highest BCUT2D eigenvalue weighted by molar-refractivity contribution is 7.80. The van der Waals surface area contributed by atoms with E-state index in [-0.39, 0.29) is 5.75 Å². The van der Waals surface area contributed by atoms with Crippen molar-refractivity contribution >= 4 is 39.7 Å². The molecule has 0 aliphatic heterocycles. The topological polar surface area (TPSA) is 46.2 Å². The second-order valence-corrected chi connectivity index (χ2v) is 3.92. The van der Waals surface area contributed by atoms with E-state index in [2.05, 4.69) is 12.6 Å². The van der Waals surface area contributed by atoms with Crippen molar-refractivity contribution in [1.82, 2.24) is 0 Å². The second kappa shape index (κ2) is 2.57. The van der Waals surface area contributed by atoms with Crippen LogP contribution < -0.4 is 5.73 Å². The molecule has 62 valence electrons. The van der Waals surface area contributed by atoms with Gasteiger partial charge in [-0.15, -0.1) is 24.0 Å². The van der Waals surface area contributed by atoms with Crippen molar-refractivity contribution in [1.29, 1.82) is 0 Å². The molecule has 0 spiro atoms. The molecule has 2 aromatic rings. The molecule has 0 aliphatic carbocycles. The van der Waals surface area contributed by atoms with Gasteiger partial charge in [0.25, 0.3) is 0 Å². The zero-order valence-electron chi connectivity index (χ0n) is 6.11. The normalized spacial score (nSPS) is 10.8. The van der Waals surface area contributed by atoms with E-state index in [1.54, 1.807) is 12.1 Å². The number of thiophene rings is 1. The van der Waals surface area contributed by atoms with Crippen LogP contribution in [0.1, 0.15) is 0 Å². The Morgan fingerprint density at radius 1 is 1.42 bits per heavy atom. The number of benzene rings is 1. The van der Waals surface area contributed by atoms with E-state index in [1.165, 1.54) is 11.3 Å². The van der Waals surface area contributed by atoms with Crippen molar-refractivity contribution in [2.45, 2.75) is 4.90 Å². The summed E-state index contributed by atoms with van der Waals surface area (Å²) in [5.74, 6) is 0.202. The van der Waals surface area contributed by atoms with Gasteiger partial charge < -0.3 is 10.8 Å². The lowest BCUT2D eigenvalue weighted by molar-refractivity contribution is 0.464. The summed E-state index contributed by atoms with van der Waals surface area (Å²) in [6, 6.07) is 3.46. The van der Waals surface area contributed by atoms with Gasteiger partial charge in [0.1, 0.15) is 5.75 Å². The molecule has 12 heavy (non-hydrogen) atoms. The minimum Gasteiger partial charge on any atom is -0.507 e. The van der Waals surface area contributed by atoms with Crippen LogP contribution in [-0.2, 0) is 0 Å². The van der Waals surface area contributed by atoms with Crippen LogP contribution in [0.2, 0.25) is 0 Å². The van der Waals surface area contributed by atoms with Crippen LogP contribution in [-0.4, -0.2) is 5.11 Å². The highest BCUT2D eigenvalue weighted by Crippen LogP contribution is 2.34. The summed E-state index contributed by atoms with van der Waals surface area (Å²) in [7, 11) is 0. The lowest BCUT2D eigenvalue weighted by Gasteiger charge is -1.97. The number of anilines is 1. The van der Waals surface area contributed by atoms with E-state index in [0.717, 1.165) is 15.8 Å². The van der Waals surface area contributed by atoms with Gasteiger partial charge in [0, 0.05) is 20.4 Å². The molecule has 0 bridgehead atoms. The Morgan fingerprint density at radius 3 is 2.92 bits per heavy atom. The van der Waals surface area contributed by atoms with Gasteiger partial charge in [0.05, 0.1) is 5.69 Å². The Kier molecular flexibility index (Phi) is 1.66. The molecule has 2 nitrogen and oxygen atoms in total. The SMILES string of the molecule is Nc1csc2cc(O)c(S)cc12. The molecular formula is C8H7NOS2. The molecule has 0 fully saturated rings. The number of phenolic OH excluding ortho intramolecular Hbond substituents is 1. The van der Waals surface area contributed by atoms with Gasteiger partial charge in [-0.05, 0) is 12.1 Å². The summed E-state index contributed by atoms with van der Waals surface area (Å²) in [6.45, 7) is 0. The second-order valence-electron chi connectivity index (χ2n) is 2.53. The number of hydrogen-bond donors (Lipinski definition) is 3. The molecule has 2 rings (SSSR count). The van der Waals surface area contributed by atoms with Gasteiger partial charge >= 0.3 is 0 Å². The molecule has 0 amide bonds. The Hall–Kier alpha value is -0.870. The first kappa shape index (κ1) is 7.76. The van der Waals surface area contributed by atoms with E-state index < -0.39 is 0 Å². The molecule has 0 atom stereocenters. The average Bonchev–Trinajstić information content (AvgIpc) is 2.35. The van der Waals surface area contributed by atoms with Crippen LogP contribution >= 0.6 is 24.0 Å². The van der Waals surface area contributed by atoms with Gasteiger partial charge in [-0.3, -0.25) is 0 Å². The minimum absolute atomic E-state index is 0.202. The van der Waals surface area contributed by atoms with Crippen molar-refractivity contribution in [3.05, 3.63) is 17.5 Å². The zero-order chi connectivity index (χ0) is 8.72. The fraction of sp³-hybridized carbons (Fsp3) is 0. The largest absolute Gasteiger partial charge is 0.507 e. The summed E-state index contributed by atoms with van der Waals surface area (Å²) in [4.78, 5) is 0.563. The molecule has 0 radical (unpaired) electrons. The summed E-state index contributed by atoms with van der Waals surface area (Å²) < 4.78 is 0.989. The van der Waals surface area contributed by atoms with Crippen LogP contribution in [0.5, 0.6) is 5.75 Å². The van der Waals surface area contributed by atoms with Crippen molar-refractivity contribution in [3.63, 3.8) is 0 Å². The first-order valence-corrected chi connectivity index (χ1v) is 4.70. The van der Waals surface area contributed by atoms with Gasteiger partial charge in [0.15, 0.2) is 0 Å². The highest BCUT2D eigenvalue weighted by Gasteiger charge is 2.04. The Labute approximate surface area is 79.0 Å².